The maximum absolute atomic E-state index is 12.1. The van der Waals surface area contributed by atoms with Gasteiger partial charge in [0, 0.05) is 45.7 Å². The fourth-order valence-corrected chi connectivity index (χ4v) is 3.46. The van der Waals surface area contributed by atoms with Gasteiger partial charge in [-0.3, -0.25) is 4.79 Å². The van der Waals surface area contributed by atoms with Gasteiger partial charge in [0.1, 0.15) is 0 Å². The molecule has 4 rings (SSSR count). The first-order valence-electron chi connectivity index (χ1n) is 8.55. The summed E-state index contributed by atoms with van der Waals surface area (Å²) in [5, 5.41) is 5.08. The van der Waals surface area contributed by atoms with E-state index in [-0.39, 0.29) is 12.5 Å². The van der Waals surface area contributed by atoms with Gasteiger partial charge in [-0.05, 0) is 36.2 Å². The van der Waals surface area contributed by atoms with E-state index in [2.05, 4.69) is 52.5 Å². The Balaban J connectivity index is 1.71. The third-order valence-electron chi connectivity index (χ3n) is 4.77. The van der Waals surface area contributed by atoms with Crippen molar-refractivity contribution in [3.05, 3.63) is 71.0 Å². The second-order valence-electron chi connectivity index (χ2n) is 6.41. The first-order chi connectivity index (χ1) is 12.7. The molecule has 1 amide bonds. The molecule has 4 aromatic rings. The summed E-state index contributed by atoms with van der Waals surface area (Å²) in [6.07, 6.45) is 8.10. The van der Waals surface area contributed by atoms with Crippen molar-refractivity contribution >= 4 is 27.7 Å². The van der Waals surface area contributed by atoms with Crippen molar-refractivity contribution < 1.29 is 4.79 Å². The molecule has 128 valence electrons. The number of carbonyl (C=O) groups is 1. The van der Waals surface area contributed by atoms with Crippen LogP contribution in [0.1, 0.15) is 27.2 Å². The smallest absolute Gasteiger partial charge is 0.252 e. The van der Waals surface area contributed by atoms with E-state index in [9.17, 15) is 4.79 Å². The molecule has 2 aromatic heterocycles. The molecule has 0 radical (unpaired) electrons. The van der Waals surface area contributed by atoms with E-state index in [1.165, 1.54) is 16.5 Å². The van der Waals surface area contributed by atoms with Crippen LogP contribution in [0.5, 0.6) is 0 Å². The molecule has 0 aliphatic carbocycles. The van der Waals surface area contributed by atoms with Crippen LogP contribution in [0.4, 0.5) is 0 Å². The number of hydrogen-bond donors (Lipinski definition) is 3. The van der Waals surface area contributed by atoms with Gasteiger partial charge in [0.05, 0.1) is 6.54 Å². The van der Waals surface area contributed by atoms with Gasteiger partial charge in [-0.1, -0.05) is 30.2 Å². The van der Waals surface area contributed by atoms with E-state index in [0.717, 1.165) is 28.5 Å². The number of amides is 1. The number of nitrogens with one attached hydrogen (secondary N) is 3. The van der Waals surface area contributed by atoms with Crippen LogP contribution in [0.2, 0.25) is 0 Å². The first-order valence-corrected chi connectivity index (χ1v) is 8.55. The highest BCUT2D eigenvalue weighted by molar-refractivity contribution is 5.99. The Morgan fingerprint density at radius 2 is 2.00 bits per heavy atom. The molecule has 4 nitrogen and oxygen atoms in total. The monoisotopic (exact) mass is 341 g/mol. The molecule has 3 N–H and O–H groups in total. The predicted molar refractivity (Wildman–Crippen MR) is 105 cm³/mol. The molecule has 0 saturated carbocycles. The molecule has 0 atom stereocenters. The van der Waals surface area contributed by atoms with Crippen LogP contribution in [-0.2, 0) is 6.42 Å². The van der Waals surface area contributed by atoms with Crippen LogP contribution in [0.15, 0.2) is 48.7 Å². The van der Waals surface area contributed by atoms with E-state index in [1.54, 1.807) is 0 Å². The van der Waals surface area contributed by atoms with Crippen molar-refractivity contribution in [2.75, 3.05) is 6.54 Å². The van der Waals surface area contributed by atoms with Gasteiger partial charge in [0.2, 0.25) is 0 Å². The van der Waals surface area contributed by atoms with E-state index >= 15 is 0 Å². The number of carbonyl (C=O) groups excluding carboxylic acids is 1. The molecule has 0 spiro atoms. The van der Waals surface area contributed by atoms with E-state index in [4.69, 9.17) is 6.42 Å². The minimum absolute atomic E-state index is 0.157. The molecular formula is C22H19N3O. The van der Waals surface area contributed by atoms with Crippen molar-refractivity contribution in [3.8, 4) is 12.3 Å². The maximum atomic E-state index is 12.1. The SMILES string of the molecule is C#CCNC(=O)c1ccc2c(Cc3c[nH]c4ccccc34)c(C)[nH]c2c1. The Kier molecular flexibility index (Phi) is 3.98. The fraction of sp³-hybridized carbons (Fsp3) is 0.136. The van der Waals surface area contributed by atoms with Gasteiger partial charge in [-0.2, -0.15) is 0 Å². The lowest BCUT2D eigenvalue weighted by atomic mass is 10.0. The number of fused-ring (bicyclic) bond motifs is 2. The van der Waals surface area contributed by atoms with Gasteiger partial charge in [0.15, 0.2) is 0 Å². The van der Waals surface area contributed by atoms with Gasteiger partial charge < -0.3 is 15.3 Å². The number of aryl methyl sites for hydroxylation is 1. The predicted octanol–water partition coefficient (Wildman–Crippen LogP) is 3.91. The molecule has 0 aliphatic heterocycles. The Morgan fingerprint density at radius 1 is 1.15 bits per heavy atom. The van der Waals surface area contributed by atoms with Crippen LogP contribution >= 0.6 is 0 Å². The lowest BCUT2D eigenvalue weighted by Crippen LogP contribution is -2.23. The zero-order chi connectivity index (χ0) is 18.1. The van der Waals surface area contributed by atoms with Gasteiger partial charge >= 0.3 is 0 Å². The fourth-order valence-electron chi connectivity index (χ4n) is 3.46. The number of H-pyrrole nitrogens is 2. The number of rotatable bonds is 4. The highest BCUT2D eigenvalue weighted by Gasteiger charge is 2.13. The van der Waals surface area contributed by atoms with Crippen LogP contribution in [0.25, 0.3) is 21.8 Å². The molecule has 2 aromatic carbocycles. The van der Waals surface area contributed by atoms with Crippen molar-refractivity contribution in [2.45, 2.75) is 13.3 Å². The topological polar surface area (TPSA) is 60.7 Å². The van der Waals surface area contributed by atoms with Gasteiger partial charge in [-0.15, -0.1) is 6.42 Å². The number of para-hydroxylation sites is 1. The van der Waals surface area contributed by atoms with Crippen molar-refractivity contribution in [1.82, 2.24) is 15.3 Å². The van der Waals surface area contributed by atoms with Crippen LogP contribution in [-0.4, -0.2) is 22.4 Å². The van der Waals surface area contributed by atoms with Crippen molar-refractivity contribution in [3.63, 3.8) is 0 Å². The standard InChI is InChI=1S/C22H19N3O/c1-3-10-23-22(26)15-8-9-18-19(14(2)25-21(18)12-15)11-16-13-24-20-7-5-4-6-17(16)20/h1,4-9,12-13,24-25H,10-11H2,2H3,(H,23,26). The minimum Gasteiger partial charge on any atom is -0.361 e. The second kappa shape index (κ2) is 6.45. The number of hydrogen-bond acceptors (Lipinski definition) is 1. The summed E-state index contributed by atoms with van der Waals surface area (Å²) in [7, 11) is 0. The Morgan fingerprint density at radius 3 is 2.85 bits per heavy atom. The maximum Gasteiger partial charge on any atom is 0.252 e. The van der Waals surface area contributed by atoms with Gasteiger partial charge in [-0.25, -0.2) is 0 Å². The molecule has 0 fully saturated rings. The van der Waals surface area contributed by atoms with Crippen molar-refractivity contribution in [2.24, 2.45) is 0 Å². The summed E-state index contributed by atoms with van der Waals surface area (Å²) in [6.45, 7) is 2.30. The highest BCUT2D eigenvalue weighted by atomic mass is 16.1. The van der Waals surface area contributed by atoms with E-state index < -0.39 is 0 Å². The average Bonchev–Trinajstić information content (AvgIpc) is 3.21. The summed E-state index contributed by atoms with van der Waals surface area (Å²) in [6, 6.07) is 14.1. The molecular weight excluding hydrogens is 322 g/mol. The average molecular weight is 341 g/mol. The summed E-state index contributed by atoms with van der Waals surface area (Å²) >= 11 is 0. The molecule has 4 heteroatoms. The zero-order valence-electron chi connectivity index (χ0n) is 14.5. The normalized spacial score (nSPS) is 10.9. The summed E-state index contributed by atoms with van der Waals surface area (Å²) in [5.74, 6) is 2.26. The lowest BCUT2D eigenvalue weighted by molar-refractivity contribution is 0.0959. The molecule has 26 heavy (non-hydrogen) atoms. The Labute approximate surface area is 151 Å². The largest absolute Gasteiger partial charge is 0.361 e. The minimum atomic E-state index is -0.157. The molecule has 0 aliphatic rings. The van der Waals surface area contributed by atoms with Crippen molar-refractivity contribution in [1.29, 1.82) is 0 Å². The third kappa shape index (κ3) is 2.74. The summed E-state index contributed by atoms with van der Waals surface area (Å²) in [4.78, 5) is 18.9. The third-order valence-corrected chi connectivity index (χ3v) is 4.77. The Bertz CT molecular complexity index is 1160. The number of aromatic nitrogens is 2. The highest BCUT2D eigenvalue weighted by Crippen LogP contribution is 2.28. The van der Waals surface area contributed by atoms with E-state index in [0.29, 0.717) is 5.56 Å². The second-order valence-corrected chi connectivity index (χ2v) is 6.41. The number of aromatic amines is 2. The van der Waals surface area contributed by atoms with Crippen LogP contribution in [0.3, 0.4) is 0 Å². The molecule has 0 unspecified atom stereocenters. The van der Waals surface area contributed by atoms with Crippen LogP contribution < -0.4 is 5.32 Å². The number of terminal acetylenes is 1. The summed E-state index contributed by atoms with van der Waals surface area (Å²) < 4.78 is 0. The lowest BCUT2D eigenvalue weighted by Gasteiger charge is -2.03. The van der Waals surface area contributed by atoms with Gasteiger partial charge in [0.25, 0.3) is 5.91 Å². The Hall–Kier alpha value is -3.45. The molecule has 0 saturated heterocycles. The first kappa shape index (κ1) is 16.0. The van der Waals surface area contributed by atoms with E-state index in [1.807, 2.05) is 24.3 Å². The quantitative estimate of drug-likeness (QED) is 0.484. The molecule has 0 bridgehead atoms. The summed E-state index contributed by atoms with van der Waals surface area (Å²) in [5.41, 5.74) is 6.35. The van der Waals surface area contributed by atoms with Crippen LogP contribution in [0, 0.1) is 19.3 Å². The molecule has 2 heterocycles. The zero-order valence-corrected chi connectivity index (χ0v) is 14.5. The number of benzene rings is 2.